The minimum Gasteiger partial charge on any atom is -0.497 e. The van der Waals surface area contributed by atoms with Crippen LogP contribution in [0.15, 0.2) is 41.0 Å². The molecule has 5 nitrogen and oxygen atoms in total. The van der Waals surface area contributed by atoms with Gasteiger partial charge in [-0.1, -0.05) is 6.07 Å². The quantitative estimate of drug-likeness (QED) is 0.847. The lowest BCUT2D eigenvalue weighted by atomic mass is 9.99. The Kier molecular flexibility index (Phi) is 5.43. The monoisotopic (exact) mass is 331 g/mol. The van der Waals surface area contributed by atoms with Gasteiger partial charge in [-0.15, -0.1) is 0 Å². The number of hydrogen-bond acceptors (Lipinski definition) is 5. The van der Waals surface area contributed by atoms with Crippen molar-refractivity contribution in [3.05, 3.63) is 47.9 Å². The summed E-state index contributed by atoms with van der Waals surface area (Å²) in [6.07, 6.45) is 3.57. The fourth-order valence-electron chi connectivity index (χ4n) is 3.20. The third-order valence-electron chi connectivity index (χ3n) is 4.42. The predicted octanol–water partition coefficient (Wildman–Crippen LogP) is 3.60. The average molecular weight is 331 g/mol. The second kappa shape index (κ2) is 7.73. The molecule has 0 radical (unpaired) electrons. The molecule has 0 saturated heterocycles. The standard InChI is InChI=1S/C19H25NO4/c1-13(11-17(21)18-6-4-10-23-18)20-16-5-3-9-24-19-12-14(22-2)7-8-15(16)19/h4,6-8,10,12-13,16-17,20-21H,3,5,9,11H2,1-2H3/t13-,16-,17-/m0/s1. The van der Waals surface area contributed by atoms with E-state index in [1.54, 1.807) is 25.5 Å². The minimum absolute atomic E-state index is 0.142. The van der Waals surface area contributed by atoms with Gasteiger partial charge in [0, 0.05) is 23.7 Å². The van der Waals surface area contributed by atoms with Crippen molar-refractivity contribution < 1.29 is 19.0 Å². The van der Waals surface area contributed by atoms with E-state index < -0.39 is 6.10 Å². The first kappa shape index (κ1) is 16.9. The third kappa shape index (κ3) is 3.91. The van der Waals surface area contributed by atoms with Crippen molar-refractivity contribution in [3.63, 3.8) is 0 Å². The number of fused-ring (bicyclic) bond motifs is 1. The lowest BCUT2D eigenvalue weighted by Gasteiger charge is -2.24. The first-order valence-electron chi connectivity index (χ1n) is 8.45. The maximum atomic E-state index is 10.3. The molecule has 3 atom stereocenters. The molecule has 2 aromatic rings. The van der Waals surface area contributed by atoms with Crippen molar-refractivity contribution >= 4 is 0 Å². The molecule has 3 rings (SSSR count). The highest BCUT2D eigenvalue weighted by Crippen LogP contribution is 2.35. The largest absolute Gasteiger partial charge is 0.497 e. The van der Waals surface area contributed by atoms with Gasteiger partial charge in [-0.2, -0.15) is 0 Å². The molecule has 1 aromatic heterocycles. The molecule has 0 bridgehead atoms. The molecular formula is C19H25NO4. The molecule has 0 saturated carbocycles. The molecule has 0 spiro atoms. The van der Waals surface area contributed by atoms with Crippen LogP contribution in [0, 0.1) is 0 Å². The Morgan fingerprint density at radius 3 is 3.00 bits per heavy atom. The van der Waals surface area contributed by atoms with Gasteiger partial charge in [0.05, 0.1) is 20.0 Å². The Morgan fingerprint density at radius 1 is 1.38 bits per heavy atom. The van der Waals surface area contributed by atoms with Crippen molar-refractivity contribution in [2.75, 3.05) is 13.7 Å². The van der Waals surface area contributed by atoms with Crippen molar-refractivity contribution in [1.82, 2.24) is 5.32 Å². The van der Waals surface area contributed by atoms with Gasteiger partial charge in [0.15, 0.2) is 0 Å². The van der Waals surface area contributed by atoms with Gasteiger partial charge >= 0.3 is 0 Å². The van der Waals surface area contributed by atoms with E-state index in [1.807, 2.05) is 12.1 Å². The highest BCUT2D eigenvalue weighted by atomic mass is 16.5. The summed E-state index contributed by atoms with van der Waals surface area (Å²) in [4.78, 5) is 0. The van der Waals surface area contributed by atoms with Crippen molar-refractivity contribution in [1.29, 1.82) is 0 Å². The predicted molar refractivity (Wildman–Crippen MR) is 91.3 cm³/mol. The maximum absolute atomic E-state index is 10.3. The lowest BCUT2D eigenvalue weighted by Crippen LogP contribution is -2.31. The molecule has 1 aliphatic heterocycles. The highest BCUT2D eigenvalue weighted by molar-refractivity contribution is 5.43. The fourth-order valence-corrected chi connectivity index (χ4v) is 3.20. The number of methoxy groups -OCH3 is 1. The van der Waals surface area contributed by atoms with E-state index >= 15 is 0 Å². The molecule has 5 heteroatoms. The van der Waals surface area contributed by atoms with E-state index in [4.69, 9.17) is 13.9 Å². The normalized spacial score (nSPS) is 19.7. The Balaban J connectivity index is 1.68. The van der Waals surface area contributed by atoms with Gasteiger partial charge in [-0.3, -0.25) is 0 Å². The molecule has 1 aromatic carbocycles. The molecule has 0 amide bonds. The molecule has 0 fully saturated rings. The van der Waals surface area contributed by atoms with Gasteiger partial charge in [0.25, 0.3) is 0 Å². The van der Waals surface area contributed by atoms with Crippen LogP contribution in [0.4, 0.5) is 0 Å². The number of aliphatic hydroxyl groups excluding tert-OH is 1. The van der Waals surface area contributed by atoms with Crippen LogP contribution in [0.2, 0.25) is 0 Å². The average Bonchev–Trinajstić information content (AvgIpc) is 3.05. The van der Waals surface area contributed by atoms with Crippen LogP contribution in [0.3, 0.4) is 0 Å². The van der Waals surface area contributed by atoms with Crippen LogP contribution in [0.5, 0.6) is 11.5 Å². The van der Waals surface area contributed by atoms with Crippen LogP contribution in [0.1, 0.15) is 49.7 Å². The van der Waals surface area contributed by atoms with E-state index in [-0.39, 0.29) is 12.1 Å². The number of furan rings is 1. The number of aliphatic hydroxyl groups is 1. The molecule has 24 heavy (non-hydrogen) atoms. The topological polar surface area (TPSA) is 63.9 Å². The zero-order valence-corrected chi connectivity index (χ0v) is 14.2. The van der Waals surface area contributed by atoms with Crippen LogP contribution < -0.4 is 14.8 Å². The summed E-state index contributed by atoms with van der Waals surface area (Å²) in [7, 11) is 1.66. The van der Waals surface area contributed by atoms with Crippen molar-refractivity contribution in [2.45, 2.75) is 44.4 Å². The summed E-state index contributed by atoms with van der Waals surface area (Å²) in [5.74, 6) is 2.29. The first-order valence-corrected chi connectivity index (χ1v) is 8.45. The number of benzene rings is 1. The smallest absolute Gasteiger partial charge is 0.132 e. The Morgan fingerprint density at radius 2 is 2.25 bits per heavy atom. The van der Waals surface area contributed by atoms with Crippen molar-refractivity contribution in [3.8, 4) is 11.5 Å². The van der Waals surface area contributed by atoms with Crippen molar-refractivity contribution in [2.24, 2.45) is 0 Å². The van der Waals surface area contributed by atoms with Crippen LogP contribution >= 0.6 is 0 Å². The summed E-state index contributed by atoms with van der Waals surface area (Å²) in [5, 5.41) is 13.9. The summed E-state index contributed by atoms with van der Waals surface area (Å²) in [5.41, 5.74) is 1.15. The number of ether oxygens (including phenoxy) is 2. The van der Waals surface area contributed by atoms with Crippen LogP contribution in [-0.4, -0.2) is 24.9 Å². The lowest BCUT2D eigenvalue weighted by molar-refractivity contribution is 0.126. The van der Waals surface area contributed by atoms with Gasteiger partial charge < -0.3 is 24.3 Å². The van der Waals surface area contributed by atoms with E-state index in [0.717, 1.165) is 29.9 Å². The minimum atomic E-state index is -0.597. The molecule has 130 valence electrons. The molecule has 2 N–H and O–H groups in total. The number of hydrogen-bond donors (Lipinski definition) is 2. The van der Waals surface area contributed by atoms with Crippen LogP contribution in [0.25, 0.3) is 0 Å². The number of rotatable bonds is 6. The van der Waals surface area contributed by atoms with Gasteiger partial charge in [0.1, 0.15) is 23.4 Å². The Labute approximate surface area is 142 Å². The summed E-state index contributed by atoms with van der Waals surface area (Å²) in [6.45, 7) is 2.79. The maximum Gasteiger partial charge on any atom is 0.132 e. The Bertz CT molecular complexity index is 641. The molecule has 1 aliphatic rings. The zero-order chi connectivity index (χ0) is 16.9. The van der Waals surface area contributed by atoms with E-state index in [0.29, 0.717) is 18.8 Å². The van der Waals surface area contributed by atoms with Crippen LogP contribution in [-0.2, 0) is 0 Å². The second-order valence-corrected chi connectivity index (χ2v) is 6.28. The highest BCUT2D eigenvalue weighted by Gasteiger charge is 2.23. The van der Waals surface area contributed by atoms with Gasteiger partial charge in [-0.25, -0.2) is 0 Å². The Hall–Kier alpha value is -1.98. The SMILES string of the molecule is COc1ccc2c(c1)OCCC[C@@H]2N[C@@H](C)C[C@H](O)c1ccco1. The van der Waals surface area contributed by atoms with E-state index in [1.165, 1.54) is 0 Å². The molecule has 2 heterocycles. The third-order valence-corrected chi connectivity index (χ3v) is 4.42. The molecule has 0 aliphatic carbocycles. The number of nitrogens with one attached hydrogen (secondary N) is 1. The van der Waals surface area contributed by atoms with Gasteiger partial charge in [-0.05, 0) is 44.4 Å². The first-order chi connectivity index (χ1) is 11.7. The summed E-state index contributed by atoms with van der Waals surface area (Å²) in [6, 6.07) is 9.91. The molecule has 0 unspecified atom stereocenters. The van der Waals surface area contributed by atoms with Gasteiger partial charge in [0.2, 0.25) is 0 Å². The molecular weight excluding hydrogens is 306 g/mol. The fraction of sp³-hybridized carbons (Fsp3) is 0.474. The summed E-state index contributed by atoms with van der Waals surface area (Å²) >= 11 is 0. The van der Waals surface area contributed by atoms with E-state index in [9.17, 15) is 5.11 Å². The summed E-state index contributed by atoms with van der Waals surface area (Å²) < 4.78 is 16.4. The zero-order valence-electron chi connectivity index (χ0n) is 14.2. The van der Waals surface area contributed by atoms with E-state index in [2.05, 4.69) is 18.3 Å². The second-order valence-electron chi connectivity index (χ2n) is 6.28.